The Morgan fingerprint density at radius 2 is 1.77 bits per heavy atom. The summed E-state index contributed by atoms with van der Waals surface area (Å²) in [5.74, 6) is -0.522. The molecule has 6 nitrogen and oxygen atoms in total. The van der Waals surface area contributed by atoms with Crippen LogP contribution in [0.3, 0.4) is 0 Å². The zero-order valence-corrected chi connectivity index (χ0v) is 14.4. The highest BCUT2D eigenvalue weighted by Crippen LogP contribution is 2.38. The smallest absolute Gasteiger partial charge is 0.399 e. The van der Waals surface area contributed by atoms with Gasteiger partial charge in [-0.3, -0.25) is 0 Å². The lowest BCUT2D eigenvalue weighted by Gasteiger charge is -2.32. The van der Waals surface area contributed by atoms with Crippen LogP contribution in [0, 0.1) is 5.41 Å². The predicted octanol–water partition coefficient (Wildman–Crippen LogP) is 1.89. The van der Waals surface area contributed by atoms with E-state index in [-0.39, 0.29) is 6.10 Å². The first-order valence-corrected chi connectivity index (χ1v) is 7.68. The molecule has 2 aliphatic rings. The molecule has 0 aromatic heterocycles. The second-order valence-electron chi connectivity index (χ2n) is 7.24. The van der Waals surface area contributed by atoms with Crippen LogP contribution in [0.2, 0.25) is 0 Å². The van der Waals surface area contributed by atoms with Gasteiger partial charge in [-0.1, -0.05) is 0 Å². The molecule has 0 aliphatic carbocycles. The van der Waals surface area contributed by atoms with E-state index in [1.165, 1.54) is 6.21 Å². The van der Waals surface area contributed by atoms with Crippen LogP contribution in [-0.2, 0) is 18.8 Å². The van der Waals surface area contributed by atoms with Gasteiger partial charge in [-0.05, 0) is 47.7 Å². The molecule has 0 aromatic rings. The molecule has 2 rings (SSSR count). The summed E-state index contributed by atoms with van der Waals surface area (Å²) in [5.41, 5.74) is -0.171. The quantitative estimate of drug-likeness (QED) is 0.599. The van der Waals surface area contributed by atoms with Crippen molar-refractivity contribution in [2.45, 2.75) is 64.6 Å². The van der Waals surface area contributed by atoms with Gasteiger partial charge in [0.05, 0.1) is 17.8 Å². The van der Waals surface area contributed by atoms with Crippen molar-refractivity contribution in [1.29, 1.82) is 5.41 Å². The van der Waals surface area contributed by atoms with E-state index in [1.54, 1.807) is 6.20 Å². The molecule has 0 saturated carbocycles. The number of hydrogen-bond donors (Lipinski definition) is 2. The maximum absolute atomic E-state index is 7.59. The number of nitrogens with one attached hydrogen (secondary N) is 2. The van der Waals surface area contributed by atoms with Crippen molar-refractivity contribution in [3.63, 3.8) is 0 Å². The Morgan fingerprint density at radius 1 is 1.18 bits per heavy atom. The van der Waals surface area contributed by atoms with Gasteiger partial charge in [0.15, 0.2) is 5.79 Å². The van der Waals surface area contributed by atoms with Crippen molar-refractivity contribution >= 4 is 13.3 Å². The Morgan fingerprint density at radius 3 is 2.23 bits per heavy atom. The summed E-state index contributed by atoms with van der Waals surface area (Å²) < 4.78 is 23.1. The molecule has 0 amide bonds. The van der Waals surface area contributed by atoms with Gasteiger partial charge < -0.3 is 29.5 Å². The molecule has 7 heteroatoms. The third-order valence-electron chi connectivity index (χ3n) is 4.37. The second-order valence-corrected chi connectivity index (χ2v) is 7.24. The van der Waals surface area contributed by atoms with E-state index >= 15 is 0 Å². The van der Waals surface area contributed by atoms with E-state index in [1.807, 2.05) is 41.5 Å². The number of ether oxygens (including phenoxy) is 2. The topological polar surface area (TPSA) is 72.8 Å². The Labute approximate surface area is 133 Å². The van der Waals surface area contributed by atoms with E-state index in [4.69, 9.17) is 24.2 Å². The largest absolute Gasteiger partial charge is 0.497 e. The van der Waals surface area contributed by atoms with Gasteiger partial charge in [-0.25, -0.2) is 0 Å². The number of rotatable bonds is 5. The summed E-state index contributed by atoms with van der Waals surface area (Å²) in [5, 5.41) is 10.8. The van der Waals surface area contributed by atoms with E-state index in [0.29, 0.717) is 18.6 Å². The predicted molar refractivity (Wildman–Crippen MR) is 85.9 cm³/mol. The summed E-state index contributed by atoms with van der Waals surface area (Å²) in [6.07, 6.45) is 3.01. The molecule has 0 radical (unpaired) electrons. The van der Waals surface area contributed by atoms with Gasteiger partial charge >= 0.3 is 7.12 Å². The highest BCUT2D eigenvalue weighted by molar-refractivity contribution is 6.60. The lowest BCUT2D eigenvalue weighted by molar-refractivity contribution is -0.137. The fourth-order valence-corrected chi connectivity index (χ4v) is 2.33. The second kappa shape index (κ2) is 5.96. The third kappa shape index (κ3) is 3.71. The molecule has 2 aliphatic heterocycles. The van der Waals surface area contributed by atoms with Crippen LogP contribution in [0.1, 0.15) is 41.5 Å². The molecule has 22 heavy (non-hydrogen) atoms. The normalized spacial score (nSPS) is 29.6. The van der Waals surface area contributed by atoms with Gasteiger partial charge in [-0.2, -0.15) is 0 Å². The summed E-state index contributed by atoms with van der Waals surface area (Å²) >= 11 is 0. The number of allylic oxidation sites excluding steroid dienone is 1. The van der Waals surface area contributed by atoms with Crippen LogP contribution in [0.4, 0.5) is 0 Å². The lowest BCUT2D eigenvalue weighted by Crippen LogP contribution is -2.41. The van der Waals surface area contributed by atoms with Gasteiger partial charge in [-0.15, -0.1) is 0 Å². The molecule has 124 valence electrons. The molecular formula is C15H27BN2O4. The summed E-state index contributed by atoms with van der Waals surface area (Å²) in [4.78, 5) is 0. The minimum Gasteiger partial charge on any atom is -0.399 e. The Hall–Kier alpha value is -0.885. The van der Waals surface area contributed by atoms with E-state index in [0.717, 1.165) is 0 Å². The monoisotopic (exact) mass is 310 g/mol. The van der Waals surface area contributed by atoms with E-state index in [9.17, 15) is 0 Å². The van der Waals surface area contributed by atoms with Gasteiger partial charge in [0, 0.05) is 18.2 Å². The van der Waals surface area contributed by atoms with Crippen molar-refractivity contribution in [3.05, 3.63) is 11.7 Å². The molecule has 2 fully saturated rings. The molecule has 2 N–H and O–H groups in total. The molecular weight excluding hydrogens is 283 g/mol. The minimum atomic E-state index is -0.535. The van der Waals surface area contributed by atoms with Crippen LogP contribution >= 0.6 is 0 Å². The van der Waals surface area contributed by atoms with Crippen molar-refractivity contribution in [1.82, 2.24) is 5.32 Å². The molecule has 0 aromatic carbocycles. The Bertz CT molecular complexity index is 446. The van der Waals surface area contributed by atoms with Gasteiger partial charge in [0.25, 0.3) is 0 Å². The maximum atomic E-state index is 7.59. The first kappa shape index (κ1) is 17.5. The summed E-state index contributed by atoms with van der Waals surface area (Å²) in [6.45, 7) is 12.9. The summed E-state index contributed by atoms with van der Waals surface area (Å²) in [6, 6.07) is 0. The molecule has 0 spiro atoms. The summed E-state index contributed by atoms with van der Waals surface area (Å²) in [7, 11) is -0.535. The highest BCUT2D eigenvalue weighted by Gasteiger charge is 2.52. The first-order valence-electron chi connectivity index (χ1n) is 7.68. The lowest BCUT2D eigenvalue weighted by atomic mass is 9.79. The average molecular weight is 310 g/mol. The van der Waals surface area contributed by atoms with E-state index in [2.05, 4.69) is 5.32 Å². The fourth-order valence-electron chi connectivity index (χ4n) is 2.33. The first-order chi connectivity index (χ1) is 10.1. The number of hydrogen-bond acceptors (Lipinski definition) is 6. The van der Waals surface area contributed by atoms with Crippen LogP contribution in [-0.4, -0.2) is 49.6 Å². The van der Waals surface area contributed by atoms with Crippen LogP contribution in [0.25, 0.3) is 0 Å². The van der Waals surface area contributed by atoms with Crippen LogP contribution < -0.4 is 5.32 Å². The Kier molecular flexibility index (Phi) is 4.73. The zero-order valence-electron chi connectivity index (χ0n) is 14.4. The standard InChI is InChI=1S/C15H27BN2O4/c1-13(2)14(3,4)22-16(21-13)11(7-17)8-18-9-12-10-19-15(5,6)20-12/h7-8,12,17-18H,9-10H2,1-6H3/b11-8+,17-7?. The van der Waals surface area contributed by atoms with Crippen molar-refractivity contribution in [2.75, 3.05) is 13.2 Å². The Balaban J connectivity index is 1.91. The SMILES string of the molecule is CC1(C)OCC(CN/C=C(\C=N)B2OC(C)(C)C(C)(C)O2)O1. The molecule has 1 unspecified atom stereocenters. The molecule has 0 bridgehead atoms. The van der Waals surface area contributed by atoms with Crippen molar-refractivity contribution in [2.24, 2.45) is 0 Å². The van der Waals surface area contributed by atoms with Gasteiger partial charge in [0.1, 0.15) is 6.10 Å². The van der Waals surface area contributed by atoms with E-state index < -0.39 is 24.1 Å². The molecule has 2 saturated heterocycles. The average Bonchev–Trinajstić information content (AvgIpc) is 2.82. The highest BCUT2D eigenvalue weighted by atomic mass is 16.7. The van der Waals surface area contributed by atoms with Crippen molar-refractivity contribution < 1.29 is 18.8 Å². The van der Waals surface area contributed by atoms with Crippen LogP contribution in [0.5, 0.6) is 0 Å². The zero-order chi connectivity index (χ0) is 16.6. The third-order valence-corrected chi connectivity index (χ3v) is 4.37. The fraction of sp³-hybridized carbons (Fsp3) is 0.800. The van der Waals surface area contributed by atoms with Crippen LogP contribution in [0.15, 0.2) is 11.7 Å². The molecule has 2 heterocycles. The van der Waals surface area contributed by atoms with Crippen molar-refractivity contribution in [3.8, 4) is 0 Å². The maximum Gasteiger partial charge on any atom is 0.497 e. The minimum absolute atomic E-state index is 0.00321. The molecule has 1 atom stereocenters. The van der Waals surface area contributed by atoms with Gasteiger partial charge in [0.2, 0.25) is 0 Å².